The van der Waals surface area contributed by atoms with Crippen LogP contribution in [0.15, 0.2) is 52.5 Å². The minimum atomic E-state index is -3.72. The number of hydrogen-bond donors (Lipinski definition) is 1. The van der Waals surface area contributed by atoms with Crippen molar-refractivity contribution in [3.05, 3.63) is 59.2 Å². The summed E-state index contributed by atoms with van der Waals surface area (Å²) < 4.78 is 30.1. The van der Waals surface area contributed by atoms with E-state index in [1.54, 1.807) is 30.3 Å². The van der Waals surface area contributed by atoms with E-state index in [1.807, 2.05) is 13.0 Å². The molecule has 7 heteroatoms. The summed E-state index contributed by atoms with van der Waals surface area (Å²) in [6, 6.07) is 13.6. The molecule has 0 aliphatic carbocycles. The minimum Gasteiger partial charge on any atom is -0.492 e. The van der Waals surface area contributed by atoms with Gasteiger partial charge in [0.25, 0.3) is 10.0 Å². The zero-order valence-electron chi connectivity index (χ0n) is 13.0. The van der Waals surface area contributed by atoms with Gasteiger partial charge in [0, 0.05) is 12.0 Å². The second-order valence-electron chi connectivity index (χ2n) is 5.39. The van der Waals surface area contributed by atoms with Gasteiger partial charge in [-0.15, -0.1) is 0 Å². The second-order valence-corrected chi connectivity index (χ2v) is 7.05. The summed E-state index contributed by atoms with van der Waals surface area (Å²) in [5.41, 5.74) is 2.73. The van der Waals surface area contributed by atoms with Crippen molar-refractivity contribution < 1.29 is 13.2 Å². The first-order valence-electron chi connectivity index (χ1n) is 7.32. The van der Waals surface area contributed by atoms with Crippen LogP contribution in [0.3, 0.4) is 0 Å². The predicted molar refractivity (Wildman–Crippen MR) is 89.3 cm³/mol. The van der Waals surface area contributed by atoms with E-state index < -0.39 is 10.0 Å². The largest absolute Gasteiger partial charge is 0.492 e. The summed E-state index contributed by atoms with van der Waals surface area (Å²) in [6.45, 7) is 2.27. The maximum Gasteiger partial charge on any atom is 0.276 e. The molecule has 2 aromatic carbocycles. The van der Waals surface area contributed by atoms with Gasteiger partial charge in [-0.05, 0) is 37.3 Å². The number of sulfonamides is 1. The zero-order chi connectivity index (χ0) is 17.2. The first kappa shape index (κ1) is 16.0. The third-order valence-electron chi connectivity index (χ3n) is 3.65. The monoisotopic (exact) mass is 341 g/mol. The number of hydrazone groups is 1. The van der Waals surface area contributed by atoms with Crippen LogP contribution in [0.5, 0.6) is 5.75 Å². The Bertz CT molecular complexity index is 942. The van der Waals surface area contributed by atoms with Gasteiger partial charge in [-0.2, -0.15) is 23.6 Å². The summed E-state index contributed by atoms with van der Waals surface area (Å²) in [5.74, 6) is 0.536. The Labute approximate surface area is 140 Å². The molecule has 0 fully saturated rings. The lowest BCUT2D eigenvalue weighted by atomic mass is 10.0. The Balaban J connectivity index is 1.88. The van der Waals surface area contributed by atoms with Gasteiger partial charge in [0.2, 0.25) is 0 Å². The Kier molecular flexibility index (Phi) is 4.23. The van der Waals surface area contributed by atoms with Crippen molar-refractivity contribution in [2.75, 3.05) is 6.61 Å². The van der Waals surface area contributed by atoms with Crippen molar-refractivity contribution in [3.63, 3.8) is 0 Å². The van der Waals surface area contributed by atoms with Crippen molar-refractivity contribution in [1.29, 1.82) is 5.26 Å². The second kappa shape index (κ2) is 6.34. The minimum absolute atomic E-state index is 0.157. The predicted octanol–water partition coefficient (Wildman–Crippen LogP) is 2.33. The molecular weight excluding hydrogens is 326 g/mol. The van der Waals surface area contributed by atoms with Crippen LogP contribution in [0.4, 0.5) is 0 Å². The van der Waals surface area contributed by atoms with Crippen LogP contribution in [0.1, 0.15) is 23.1 Å². The van der Waals surface area contributed by atoms with Crippen molar-refractivity contribution in [1.82, 2.24) is 4.83 Å². The van der Waals surface area contributed by atoms with E-state index in [4.69, 9.17) is 10.00 Å². The molecule has 0 bridgehead atoms. The molecule has 122 valence electrons. The van der Waals surface area contributed by atoms with Crippen LogP contribution < -0.4 is 9.57 Å². The standard InChI is InChI=1S/C17H15N3O3S/c1-12-2-5-14(6-3-12)24(21,22)20-19-16-8-9-23-17-10-13(11-18)4-7-15(16)17/h2-7,10,20H,8-9H2,1H3. The lowest BCUT2D eigenvalue weighted by Crippen LogP contribution is -2.23. The Hall–Kier alpha value is -2.85. The lowest BCUT2D eigenvalue weighted by Gasteiger charge is -2.19. The first-order chi connectivity index (χ1) is 11.5. The topological polar surface area (TPSA) is 91.6 Å². The third-order valence-corrected chi connectivity index (χ3v) is 4.87. The van der Waals surface area contributed by atoms with Gasteiger partial charge in [-0.1, -0.05) is 17.7 Å². The van der Waals surface area contributed by atoms with E-state index in [-0.39, 0.29) is 4.90 Å². The van der Waals surface area contributed by atoms with Crippen LogP contribution in [0.25, 0.3) is 0 Å². The molecule has 6 nitrogen and oxygen atoms in total. The number of benzene rings is 2. The molecule has 0 spiro atoms. The number of ether oxygens (including phenoxy) is 1. The number of nitriles is 1. The fraction of sp³-hybridized carbons (Fsp3) is 0.176. The average Bonchev–Trinajstić information content (AvgIpc) is 2.59. The Morgan fingerprint density at radius 3 is 2.67 bits per heavy atom. The molecule has 3 rings (SSSR count). The van der Waals surface area contributed by atoms with E-state index in [0.29, 0.717) is 35.6 Å². The molecule has 0 saturated heterocycles. The van der Waals surface area contributed by atoms with Gasteiger partial charge < -0.3 is 4.74 Å². The number of nitrogens with one attached hydrogen (secondary N) is 1. The maximum atomic E-state index is 12.3. The fourth-order valence-electron chi connectivity index (χ4n) is 2.34. The molecule has 0 saturated carbocycles. The number of rotatable bonds is 3. The van der Waals surface area contributed by atoms with E-state index in [0.717, 1.165) is 5.56 Å². The summed E-state index contributed by atoms with van der Waals surface area (Å²) in [7, 11) is -3.72. The van der Waals surface area contributed by atoms with Crippen LogP contribution >= 0.6 is 0 Å². The van der Waals surface area contributed by atoms with Crippen molar-refractivity contribution in [2.24, 2.45) is 5.10 Å². The van der Waals surface area contributed by atoms with Gasteiger partial charge in [-0.3, -0.25) is 0 Å². The molecule has 0 atom stereocenters. The van der Waals surface area contributed by atoms with Gasteiger partial charge in [-0.25, -0.2) is 0 Å². The quantitative estimate of drug-likeness (QED) is 0.867. The highest BCUT2D eigenvalue weighted by Gasteiger charge is 2.19. The molecule has 0 amide bonds. The van der Waals surface area contributed by atoms with Crippen LogP contribution in [-0.4, -0.2) is 20.7 Å². The normalized spacial score (nSPS) is 15.2. The van der Waals surface area contributed by atoms with Gasteiger partial charge in [0.05, 0.1) is 28.8 Å². The zero-order valence-corrected chi connectivity index (χ0v) is 13.8. The Morgan fingerprint density at radius 1 is 1.21 bits per heavy atom. The molecule has 0 aromatic heterocycles. The molecule has 1 heterocycles. The highest BCUT2D eigenvalue weighted by atomic mass is 32.2. The maximum absolute atomic E-state index is 12.3. The molecule has 1 aliphatic heterocycles. The smallest absolute Gasteiger partial charge is 0.276 e. The average molecular weight is 341 g/mol. The highest BCUT2D eigenvalue weighted by Crippen LogP contribution is 2.26. The van der Waals surface area contributed by atoms with Crippen LogP contribution in [0, 0.1) is 18.3 Å². The molecular formula is C17H15N3O3S. The summed E-state index contributed by atoms with van der Waals surface area (Å²) in [5, 5.41) is 13.0. The summed E-state index contributed by atoms with van der Waals surface area (Å²) in [4.78, 5) is 2.43. The van der Waals surface area contributed by atoms with E-state index in [1.165, 1.54) is 12.1 Å². The van der Waals surface area contributed by atoms with E-state index >= 15 is 0 Å². The molecule has 0 unspecified atom stereocenters. The lowest BCUT2D eigenvalue weighted by molar-refractivity contribution is 0.320. The molecule has 2 aromatic rings. The van der Waals surface area contributed by atoms with Crippen molar-refractivity contribution in [3.8, 4) is 11.8 Å². The molecule has 1 aliphatic rings. The SMILES string of the molecule is Cc1ccc(S(=O)(=O)NN=C2CCOc3cc(C#N)ccc32)cc1. The summed E-state index contributed by atoms with van der Waals surface area (Å²) in [6.07, 6.45) is 0.481. The van der Waals surface area contributed by atoms with E-state index in [9.17, 15) is 8.42 Å². The van der Waals surface area contributed by atoms with Crippen LogP contribution in [0.2, 0.25) is 0 Å². The first-order valence-corrected chi connectivity index (χ1v) is 8.80. The number of aryl methyl sites for hydroxylation is 1. The molecule has 24 heavy (non-hydrogen) atoms. The molecule has 0 radical (unpaired) electrons. The number of nitrogens with zero attached hydrogens (tertiary/aromatic N) is 2. The van der Waals surface area contributed by atoms with Crippen molar-refractivity contribution >= 4 is 15.7 Å². The molecule has 1 N–H and O–H groups in total. The third kappa shape index (κ3) is 3.24. The van der Waals surface area contributed by atoms with Crippen molar-refractivity contribution in [2.45, 2.75) is 18.2 Å². The summed E-state index contributed by atoms with van der Waals surface area (Å²) >= 11 is 0. The van der Waals surface area contributed by atoms with Gasteiger partial charge >= 0.3 is 0 Å². The van der Waals surface area contributed by atoms with Gasteiger partial charge in [0.1, 0.15) is 5.75 Å². The Morgan fingerprint density at radius 2 is 1.96 bits per heavy atom. The van der Waals surface area contributed by atoms with Crippen LogP contribution in [-0.2, 0) is 10.0 Å². The number of hydrogen-bond acceptors (Lipinski definition) is 5. The fourth-order valence-corrected chi connectivity index (χ4v) is 3.17. The van der Waals surface area contributed by atoms with Gasteiger partial charge in [0.15, 0.2) is 0 Å². The number of fused-ring (bicyclic) bond motifs is 1. The van der Waals surface area contributed by atoms with E-state index in [2.05, 4.69) is 9.93 Å². The highest BCUT2D eigenvalue weighted by molar-refractivity contribution is 7.89.